The molecule has 0 spiro atoms. The zero-order chi connectivity index (χ0) is 8.74. The first-order valence-electron chi connectivity index (χ1n) is 2.92. The second kappa shape index (κ2) is 5.82. The standard InChI is InChI=1S/C4H7S2.BF4/c1-2-5-4-6-3-1;2-1(3,4)5/h4H,1-3H2;/q+1;-1. The first kappa shape index (κ1) is 11.2. The van der Waals surface area contributed by atoms with Gasteiger partial charge in [0, 0.05) is 12.2 Å². The van der Waals surface area contributed by atoms with Gasteiger partial charge in [0.1, 0.15) is 0 Å². The Hall–Kier alpha value is 0.225. The monoisotopic (exact) mass is 206 g/mol. The minimum absolute atomic E-state index is 1.34. The highest BCUT2D eigenvalue weighted by Gasteiger charge is 2.20. The number of halogens is 4. The van der Waals surface area contributed by atoms with Crippen molar-refractivity contribution >= 4 is 35.1 Å². The fourth-order valence-corrected chi connectivity index (χ4v) is 2.33. The van der Waals surface area contributed by atoms with Crippen molar-refractivity contribution in [2.45, 2.75) is 6.42 Å². The van der Waals surface area contributed by atoms with Gasteiger partial charge in [-0.3, -0.25) is 0 Å². The predicted molar refractivity (Wildman–Crippen MR) is 45.6 cm³/mol. The summed E-state index contributed by atoms with van der Waals surface area (Å²) in [5, 5.41) is 0. The molecule has 0 radical (unpaired) electrons. The van der Waals surface area contributed by atoms with Gasteiger partial charge in [-0.05, 0) is 0 Å². The first-order valence-corrected chi connectivity index (χ1v) is 5.02. The van der Waals surface area contributed by atoms with E-state index in [1.54, 1.807) is 0 Å². The molecule has 0 atom stereocenters. The van der Waals surface area contributed by atoms with E-state index in [2.05, 4.69) is 4.70 Å². The summed E-state index contributed by atoms with van der Waals surface area (Å²) in [4.78, 5) is 0. The molecule has 0 aliphatic carbocycles. The van der Waals surface area contributed by atoms with Crippen LogP contribution in [0.2, 0.25) is 0 Å². The van der Waals surface area contributed by atoms with Crippen LogP contribution in [0.3, 0.4) is 0 Å². The van der Waals surface area contributed by atoms with Crippen molar-refractivity contribution in [3.8, 4) is 0 Å². The molecular formula is C4H7BF4S2. The molecule has 7 heteroatoms. The average Bonchev–Trinajstić information content (AvgIpc) is 1.88. The van der Waals surface area contributed by atoms with Crippen LogP contribution in [0.4, 0.5) is 17.3 Å². The van der Waals surface area contributed by atoms with Crippen LogP contribution < -0.4 is 0 Å². The third-order valence-corrected chi connectivity index (χ3v) is 2.80. The van der Waals surface area contributed by atoms with Gasteiger partial charge in [-0.15, -0.1) is 0 Å². The lowest BCUT2D eigenvalue weighted by atomic mass is 10.3. The lowest BCUT2D eigenvalue weighted by Crippen LogP contribution is -2.02. The summed E-state index contributed by atoms with van der Waals surface area (Å²) in [6.07, 6.45) is 1.39. The van der Waals surface area contributed by atoms with E-state index < -0.39 is 7.25 Å². The lowest BCUT2D eigenvalue weighted by molar-refractivity contribution is 0.368. The van der Waals surface area contributed by atoms with Crippen molar-refractivity contribution in [2.75, 3.05) is 11.5 Å². The maximum absolute atomic E-state index is 9.75. The SMILES string of the molecule is C1=[S+]CCCS1.F[B-](F)(F)F. The van der Waals surface area contributed by atoms with E-state index in [1.807, 2.05) is 23.1 Å². The van der Waals surface area contributed by atoms with Crippen LogP contribution in [-0.2, 0) is 11.4 Å². The molecule has 0 saturated heterocycles. The molecule has 0 fully saturated rings. The first-order chi connectivity index (χ1) is 5.00. The van der Waals surface area contributed by atoms with Crippen LogP contribution in [0.25, 0.3) is 0 Å². The Balaban J connectivity index is 0.000000187. The molecule has 11 heavy (non-hydrogen) atoms. The van der Waals surface area contributed by atoms with E-state index in [1.165, 1.54) is 17.9 Å². The van der Waals surface area contributed by atoms with Gasteiger partial charge in [-0.1, -0.05) is 11.8 Å². The van der Waals surface area contributed by atoms with Gasteiger partial charge in [0.2, 0.25) is 4.70 Å². The Labute approximate surface area is 70.8 Å². The third-order valence-electron chi connectivity index (χ3n) is 0.660. The highest BCUT2D eigenvalue weighted by molar-refractivity contribution is 8.20. The summed E-state index contributed by atoms with van der Waals surface area (Å²) < 4.78 is 41.2. The topological polar surface area (TPSA) is 0 Å². The van der Waals surface area contributed by atoms with E-state index >= 15 is 0 Å². The maximum Gasteiger partial charge on any atom is 0.673 e. The smallest absolute Gasteiger partial charge is 0.418 e. The van der Waals surface area contributed by atoms with Crippen LogP contribution in [0.5, 0.6) is 0 Å². The van der Waals surface area contributed by atoms with Crippen molar-refractivity contribution in [3.05, 3.63) is 0 Å². The van der Waals surface area contributed by atoms with Gasteiger partial charge >= 0.3 is 7.25 Å². The average molecular weight is 206 g/mol. The molecular weight excluding hydrogens is 199 g/mol. The minimum Gasteiger partial charge on any atom is -0.418 e. The van der Waals surface area contributed by atoms with E-state index in [0.717, 1.165) is 0 Å². The molecule has 0 bridgehead atoms. The highest BCUT2D eigenvalue weighted by atomic mass is 32.2. The Kier molecular flexibility index (Phi) is 5.94. The Bertz CT molecular complexity index is 110. The summed E-state index contributed by atoms with van der Waals surface area (Å²) >= 11 is 3.87. The van der Waals surface area contributed by atoms with E-state index in [4.69, 9.17) is 0 Å². The summed E-state index contributed by atoms with van der Waals surface area (Å²) in [5.41, 5.74) is 0. The van der Waals surface area contributed by atoms with Crippen LogP contribution in [0, 0.1) is 0 Å². The van der Waals surface area contributed by atoms with E-state index in [-0.39, 0.29) is 0 Å². The summed E-state index contributed by atoms with van der Waals surface area (Å²) in [6.45, 7) is 0. The molecule has 0 unspecified atom stereocenters. The molecule has 0 saturated carbocycles. The number of hydrogen-bond donors (Lipinski definition) is 0. The van der Waals surface area contributed by atoms with Crippen LogP contribution >= 0.6 is 11.8 Å². The molecule has 0 N–H and O–H groups in total. The second-order valence-electron chi connectivity index (χ2n) is 1.69. The molecule has 0 aromatic heterocycles. The number of rotatable bonds is 0. The van der Waals surface area contributed by atoms with Gasteiger partial charge in [-0.25, -0.2) is 0 Å². The molecule has 1 heterocycles. The van der Waals surface area contributed by atoms with Crippen molar-refractivity contribution in [1.29, 1.82) is 0 Å². The Morgan fingerprint density at radius 1 is 1.27 bits per heavy atom. The second-order valence-corrected chi connectivity index (χ2v) is 3.94. The quantitative estimate of drug-likeness (QED) is 0.253. The molecule has 0 aromatic rings. The van der Waals surface area contributed by atoms with Gasteiger partial charge in [-0.2, -0.15) is 0 Å². The fraction of sp³-hybridized carbons (Fsp3) is 0.750. The van der Waals surface area contributed by atoms with Crippen LogP contribution in [0.15, 0.2) is 0 Å². The zero-order valence-corrected chi connectivity index (χ0v) is 7.24. The lowest BCUT2D eigenvalue weighted by Gasteiger charge is -1.94. The van der Waals surface area contributed by atoms with Crippen LogP contribution in [0.1, 0.15) is 6.42 Å². The van der Waals surface area contributed by atoms with E-state index in [9.17, 15) is 17.3 Å². The van der Waals surface area contributed by atoms with Gasteiger partial charge < -0.3 is 17.3 Å². The number of hydrogen-bond acceptors (Lipinski definition) is 1. The summed E-state index contributed by atoms with van der Waals surface area (Å²) in [6, 6.07) is 0. The van der Waals surface area contributed by atoms with Crippen molar-refractivity contribution in [1.82, 2.24) is 0 Å². The molecule has 0 aromatic carbocycles. The van der Waals surface area contributed by atoms with Gasteiger partial charge in [0.25, 0.3) is 0 Å². The van der Waals surface area contributed by atoms with Crippen molar-refractivity contribution < 1.29 is 17.3 Å². The van der Waals surface area contributed by atoms with Gasteiger partial charge in [0.05, 0.1) is 0 Å². The highest BCUT2D eigenvalue weighted by Crippen LogP contribution is 2.06. The minimum atomic E-state index is -6.00. The van der Waals surface area contributed by atoms with Crippen molar-refractivity contribution in [2.24, 2.45) is 0 Å². The maximum atomic E-state index is 9.75. The molecule has 1 aliphatic rings. The summed E-state index contributed by atoms with van der Waals surface area (Å²) in [5.74, 6) is 2.68. The molecule has 1 rings (SSSR count). The Morgan fingerprint density at radius 3 is 1.91 bits per heavy atom. The molecule has 66 valence electrons. The Morgan fingerprint density at radius 2 is 1.82 bits per heavy atom. The van der Waals surface area contributed by atoms with E-state index in [0.29, 0.717) is 0 Å². The van der Waals surface area contributed by atoms with Crippen molar-refractivity contribution in [3.63, 3.8) is 0 Å². The normalized spacial score (nSPS) is 17.1. The zero-order valence-electron chi connectivity index (χ0n) is 5.60. The summed E-state index contributed by atoms with van der Waals surface area (Å²) in [7, 11) is -6.00. The fourth-order valence-electron chi connectivity index (χ4n) is 0.370. The number of thioether (sulfide) groups is 1. The molecule has 0 amide bonds. The molecule has 1 aliphatic heterocycles. The van der Waals surface area contributed by atoms with Gasteiger partial charge in [0.15, 0.2) is 17.1 Å². The largest absolute Gasteiger partial charge is 0.673 e. The van der Waals surface area contributed by atoms with Crippen LogP contribution in [-0.4, -0.2) is 23.5 Å². The third kappa shape index (κ3) is 17.9. The molecule has 0 nitrogen and oxygen atoms in total. The predicted octanol–water partition coefficient (Wildman–Crippen LogP) is 2.27.